The lowest BCUT2D eigenvalue weighted by Gasteiger charge is -2.24. The van der Waals surface area contributed by atoms with Gasteiger partial charge in [0, 0.05) is 19.5 Å². The maximum atomic E-state index is 6.31. The van der Waals surface area contributed by atoms with Crippen molar-refractivity contribution in [1.29, 1.82) is 0 Å². The van der Waals surface area contributed by atoms with Crippen molar-refractivity contribution in [1.82, 2.24) is 15.2 Å². The molecular weight excluding hydrogens is 272 g/mol. The van der Waals surface area contributed by atoms with Gasteiger partial charge in [-0.25, -0.2) is 0 Å². The number of nitrogens with zero attached hydrogens (tertiary/aromatic N) is 2. The molecule has 1 heterocycles. The van der Waals surface area contributed by atoms with Crippen LogP contribution in [0.15, 0.2) is 0 Å². The van der Waals surface area contributed by atoms with E-state index in [1.807, 2.05) is 18.7 Å². The standard InChI is InChI=1S/C15H27ClN4/c1-11-15(16)14(20(2)19-11)10-13(18-17)9-8-12-6-4-3-5-7-12/h12-13,18H,3-10,17H2,1-2H3. The second kappa shape index (κ2) is 7.43. The van der Waals surface area contributed by atoms with Gasteiger partial charge >= 0.3 is 0 Å². The topological polar surface area (TPSA) is 55.9 Å². The van der Waals surface area contributed by atoms with E-state index in [2.05, 4.69) is 10.5 Å². The van der Waals surface area contributed by atoms with Gasteiger partial charge in [0.15, 0.2) is 0 Å². The van der Waals surface area contributed by atoms with Gasteiger partial charge in [-0.05, 0) is 25.7 Å². The average molecular weight is 299 g/mol. The average Bonchev–Trinajstić information content (AvgIpc) is 2.70. The Morgan fingerprint density at radius 3 is 2.65 bits per heavy atom. The molecule has 1 saturated carbocycles. The zero-order chi connectivity index (χ0) is 14.5. The SMILES string of the molecule is Cc1nn(C)c(CC(CCC2CCCCC2)NN)c1Cl. The van der Waals surface area contributed by atoms with Crippen molar-refractivity contribution in [3.63, 3.8) is 0 Å². The highest BCUT2D eigenvalue weighted by molar-refractivity contribution is 6.31. The Morgan fingerprint density at radius 1 is 1.40 bits per heavy atom. The van der Waals surface area contributed by atoms with Gasteiger partial charge in [0.1, 0.15) is 0 Å². The molecule has 114 valence electrons. The summed E-state index contributed by atoms with van der Waals surface area (Å²) in [5, 5.41) is 5.15. The summed E-state index contributed by atoms with van der Waals surface area (Å²) in [6.07, 6.45) is 10.2. The van der Waals surface area contributed by atoms with Gasteiger partial charge in [-0.3, -0.25) is 16.0 Å². The summed E-state index contributed by atoms with van der Waals surface area (Å²) in [6, 6.07) is 0.282. The first kappa shape index (κ1) is 15.8. The van der Waals surface area contributed by atoms with Crippen molar-refractivity contribution in [2.45, 2.75) is 64.3 Å². The third-order valence-corrected chi connectivity index (χ3v) is 5.08. The third-order valence-electron chi connectivity index (χ3n) is 4.59. The van der Waals surface area contributed by atoms with E-state index in [4.69, 9.17) is 17.4 Å². The van der Waals surface area contributed by atoms with Gasteiger partial charge in [-0.1, -0.05) is 43.7 Å². The van der Waals surface area contributed by atoms with Crippen LogP contribution in [0.4, 0.5) is 0 Å². The summed E-state index contributed by atoms with van der Waals surface area (Å²) in [5.74, 6) is 6.61. The Balaban J connectivity index is 1.88. The number of rotatable bonds is 6. The van der Waals surface area contributed by atoms with Crippen molar-refractivity contribution >= 4 is 11.6 Å². The van der Waals surface area contributed by atoms with Crippen molar-refractivity contribution in [3.05, 3.63) is 16.4 Å². The molecule has 0 saturated heterocycles. The molecule has 20 heavy (non-hydrogen) atoms. The highest BCUT2D eigenvalue weighted by Gasteiger charge is 2.19. The molecule has 0 spiro atoms. The van der Waals surface area contributed by atoms with Crippen LogP contribution in [-0.2, 0) is 13.5 Å². The first-order valence-electron chi connectivity index (χ1n) is 7.76. The normalized spacial score (nSPS) is 18.4. The number of nitrogens with two attached hydrogens (primary N) is 1. The van der Waals surface area contributed by atoms with E-state index in [0.717, 1.165) is 35.2 Å². The Bertz CT molecular complexity index is 424. The Hall–Kier alpha value is -0.580. The zero-order valence-electron chi connectivity index (χ0n) is 12.7. The summed E-state index contributed by atoms with van der Waals surface area (Å²) in [4.78, 5) is 0. The molecule has 3 N–H and O–H groups in total. The first-order chi connectivity index (χ1) is 9.61. The molecule has 4 nitrogen and oxygen atoms in total. The fourth-order valence-electron chi connectivity index (χ4n) is 3.29. The van der Waals surface area contributed by atoms with Gasteiger partial charge in [0.25, 0.3) is 0 Å². The maximum absolute atomic E-state index is 6.31. The van der Waals surface area contributed by atoms with Gasteiger partial charge in [-0.2, -0.15) is 5.10 Å². The van der Waals surface area contributed by atoms with E-state index < -0.39 is 0 Å². The van der Waals surface area contributed by atoms with E-state index in [9.17, 15) is 0 Å². The molecule has 2 rings (SSSR count). The Morgan fingerprint density at radius 2 is 2.10 bits per heavy atom. The number of hydrogen-bond donors (Lipinski definition) is 2. The highest BCUT2D eigenvalue weighted by atomic mass is 35.5. The van der Waals surface area contributed by atoms with Crippen LogP contribution in [0.3, 0.4) is 0 Å². The van der Waals surface area contributed by atoms with E-state index in [-0.39, 0.29) is 6.04 Å². The predicted octanol–water partition coefficient (Wildman–Crippen LogP) is 3.12. The van der Waals surface area contributed by atoms with Crippen LogP contribution in [0.1, 0.15) is 56.3 Å². The maximum Gasteiger partial charge on any atom is 0.0847 e. The lowest BCUT2D eigenvalue weighted by molar-refractivity contribution is 0.312. The second-order valence-corrected chi connectivity index (χ2v) is 6.50. The van der Waals surface area contributed by atoms with Crippen LogP contribution in [0.5, 0.6) is 0 Å². The minimum Gasteiger partial charge on any atom is -0.271 e. The van der Waals surface area contributed by atoms with E-state index in [0.29, 0.717) is 0 Å². The summed E-state index contributed by atoms with van der Waals surface area (Å²) in [6.45, 7) is 1.94. The van der Waals surface area contributed by atoms with Gasteiger partial charge < -0.3 is 0 Å². The highest BCUT2D eigenvalue weighted by Crippen LogP contribution is 2.28. The predicted molar refractivity (Wildman–Crippen MR) is 83.6 cm³/mol. The molecule has 1 atom stereocenters. The molecule has 1 fully saturated rings. The summed E-state index contributed by atoms with van der Waals surface area (Å²) in [7, 11) is 1.95. The Labute approximate surface area is 127 Å². The van der Waals surface area contributed by atoms with Gasteiger partial charge in [0.05, 0.1) is 16.4 Å². The minimum absolute atomic E-state index is 0.282. The van der Waals surface area contributed by atoms with E-state index >= 15 is 0 Å². The number of nitrogens with one attached hydrogen (secondary N) is 1. The lowest BCUT2D eigenvalue weighted by Crippen LogP contribution is -2.37. The van der Waals surface area contributed by atoms with Crippen LogP contribution >= 0.6 is 11.6 Å². The van der Waals surface area contributed by atoms with Crippen molar-refractivity contribution in [3.8, 4) is 0 Å². The van der Waals surface area contributed by atoms with Gasteiger partial charge in [0.2, 0.25) is 0 Å². The second-order valence-electron chi connectivity index (χ2n) is 6.12. The molecule has 0 amide bonds. The van der Waals surface area contributed by atoms with Gasteiger partial charge in [-0.15, -0.1) is 0 Å². The zero-order valence-corrected chi connectivity index (χ0v) is 13.4. The molecule has 1 aliphatic rings. The molecule has 1 aliphatic carbocycles. The van der Waals surface area contributed by atoms with Crippen molar-refractivity contribution < 1.29 is 0 Å². The molecule has 0 aliphatic heterocycles. The van der Waals surface area contributed by atoms with Crippen LogP contribution in [0.25, 0.3) is 0 Å². The lowest BCUT2D eigenvalue weighted by atomic mass is 9.85. The monoisotopic (exact) mass is 298 g/mol. The van der Waals surface area contributed by atoms with Crippen molar-refractivity contribution in [2.75, 3.05) is 0 Å². The molecule has 1 aromatic heterocycles. The third kappa shape index (κ3) is 3.96. The van der Waals surface area contributed by atoms with Crippen molar-refractivity contribution in [2.24, 2.45) is 18.8 Å². The number of hydrogen-bond acceptors (Lipinski definition) is 3. The van der Waals surface area contributed by atoms with Crippen LogP contribution < -0.4 is 11.3 Å². The fourth-order valence-corrected chi connectivity index (χ4v) is 3.53. The smallest absolute Gasteiger partial charge is 0.0847 e. The number of hydrazine groups is 1. The first-order valence-corrected chi connectivity index (χ1v) is 8.13. The summed E-state index contributed by atoms with van der Waals surface area (Å²) in [5.41, 5.74) is 4.93. The number of aryl methyl sites for hydroxylation is 2. The molecule has 5 heteroatoms. The van der Waals surface area contributed by atoms with Crippen LogP contribution in [0, 0.1) is 12.8 Å². The molecule has 0 bridgehead atoms. The Kier molecular flexibility index (Phi) is 5.87. The molecular formula is C15H27ClN4. The number of aromatic nitrogens is 2. The number of halogens is 1. The molecule has 0 radical (unpaired) electrons. The summed E-state index contributed by atoms with van der Waals surface area (Å²) < 4.78 is 1.88. The molecule has 1 aromatic rings. The largest absolute Gasteiger partial charge is 0.271 e. The van der Waals surface area contributed by atoms with E-state index in [1.54, 1.807) is 0 Å². The van der Waals surface area contributed by atoms with Crippen LogP contribution in [-0.4, -0.2) is 15.8 Å². The van der Waals surface area contributed by atoms with E-state index in [1.165, 1.54) is 38.5 Å². The quantitative estimate of drug-likeness (QED) is 0.627. The fraction of sp³-hybridized carbons (Fsp3) is 0.800. The molecule has 1 unspecified atom stereocenters. The van der Waals surface area contributed by atoms with Crippen LogP contribution in [0.2, 0.25) is 5.02 Å². The minimum atomic E-state index is 0.282. The molecule has 0 aromatic carbocycles. The summed E-state index contributed by atoms with van der Waals surface area (Å²) >= 11 is 6.31.